The van der Waals surface area contributed by atoms with Crippen molar-refractivity contribution in [2.75, 3.05) is 18.0 Å². The molecule has 0 radical (unpaired) electrons. The summed E-state index contributed by atoms with van der Waals surface area (Å²) in [6.45, 7) is 1.74. The van der Waals surface area contributed by atoms with Crippen LogP contribution < -0.4 is 4.90 Å². The van der Waals surface area contributed by atoms with E-state index in [-0.39, 0.29) is 5.92 Å². The van der Waals surface area contributed by atoms with Crippen LogP contribution in [0, 0.1) is 5.92 Å². The first-order valence-corrected chi connectivity index (χ1v) is 10.2. The third-order valence-corrected chi connectivity index (χ3v) is 5.91. The van der Waals surface area contributed by atoms with E-state index in [0.717, 1.165) is 49.2 Å². The molecule has 0 amide bonds. The Morgan fingerprint density at radius 3 is 2.03 bits per heavy atom. The van der Waals surface area contributed by atoms with Crippen molar-refractivity contribution in [2.24, 2.45) is 5.92 Å². The maximum Gasteiger partial charge on any atom is 0.416 e. The smallest absolute Gasteiger partial charge is 0.388 e. The Morgan fingerprint density at radius 1 is 0.800 bits per heavy atom. The van der Waals surface area contributed by atoms with Gasteiger partial charge in [-0.15, -0.1) is 0 Å². The molecule has 1 N–H and O–H groups in total. The number of anilines is 1. The first kappa shape index (κ1) is 20.5. The average Bonchev–Trinajstić information content (AvgIpc) is 2.79. The van der Waals surface area contributed by atoms with Gasteiger partial charge in [0.2, 0.25) is 0 Å². The summed E-state index contributed by atoms with van der Waals surface area (Å²) in [4.78, 5) is 2.32. The minimum Gasteiger partial charge on any atom is -0.388 e. The van der Waals surface area contributed by atoms with E-state index >= 15 is 0 Å². The monoisotopic (exact) mass is 411 g/mol. The van der Waals surface area contributed by atoms with Crippen LogP contribution in [0.3, 0.4) is 0 Å². The molecule has 1 saturated heterocycles. The summed E-state index contributed by atoms with van der Waals surface area (Å²) in [6, 6.07) is 22.8. The number of rotatable bonds is 4. The summed E-state index contributed by atoms with van der Waals surface area (Å²) < 4.78 is 38.6. The molecule has 0 spiro atoms. The zero-order chi connectivity index (χ0) is 21.1. The Balaban J connectivity index is 1.51. The zero-order valence-electron chi connectivity index (χ0n) is 16.5. The molecule has 1 fully saturated rings. The summed E-state index contributed by atoms with van der Waals surface area (Å²) in [5.74, 6) is 0.112. The van der Waals surface area contributed by atoms with E-state index in [2.05, 4.69) is 17.0 Å². The van der Waals surface area contributed by atoms with Gasteiger partial charge in [0.05, 0.1) is 11.7 Å². The van der Waals surface area contributed by atoms with Crippen LogP contribution >= 0.6 is 0 Å². The van der Waals surface area contributed by atoms with Crippen LogP contribution in [0.1, 0.15) is 30.1 Å². The van der Waals surface area contributed by atoms with Crippen LogP contribution in [0.2, 0.25) is 0 Å². The van der Waals surface area contributed by atoms with Gasteiger partial charge in [0, 0.05) is 18.8 Å². The minimum atomic E-state index is -4.36. The van der Waals surface area contributed by atoms with Crippen molar-refractivity contribution in [3.63, 3.8) is 0 Å². The fourth-order valence-corrected chi connectivity index (χ4v) is 4.22. The number of halogens is 3. The van der Waals surface area contributed by atoms with Crippen molar-refractivity contribution in [3.8, 4) is 11.1 Å². The number of aliphatic hydroxyl groups is 1. The van der Waals surface area contributed by atoms with Crippen LogP contribution in [0.15, 0.2) is 78.9 Å². The largest absolute Gasteiger partial charge is 0.416 e. The zero-order valence-corrected chi connectivity index (χ0v) is 16.5. The standard InChI is InChI=1S/C25H24F3NO/c26-25(27,28)20-12-10-18(11-13-20)22-8-4-5-9-23(22)24(30)19-14-16-29(17-15-19)21-6-2-1-3-7-21/h1-13,19,24,30H,14-17H2/t24-/m0/s1. The first-order chi connectivity index (χ1) is 14.4. The van der Waals surface area contributed by atoms with Gasteiger partial charge in [0.25, 0.3) is 0 Å². The number of hydrogen-bond acceptors (Lipinski definition) is 2. The van der Waals surface area contributed by atoms with E-state index in [9.17, 15) is 18.3 Å². The normalized spacial score (nSPS) is 16.5. The Bertz CT molecular complexity index is 962. The van der Waals surface area contributed by atoms with Crippen molar-refractivity contribution in [1.29, 1.82) is 0 Å². The number of nitrogens with zero attached hydrogens (tertiary/aromatic N) is 1. The summed E-state index contributed by atoms with van der Waals surface area (Å²) in [5, 5.41) is 11.1. The van der Waals surface area contributed by atoms with Gasteiger partial charge in [-0.3, -0.25) is 0 Å². The Hall–Kier alpha value is -2.79. The van der Waals surface area contributed by atoms with E-state index in [1.807, 2.05) is 42.5 Å². The molecule has 1 heterocycles. The average molecular weight is 411 g/mol. The lowest BCUT2D eigenvalue weighted by atomic mass is 9.84. The topological polar surface area (TPSA) is 23.5 Å². The first-order valence-electron chi connectivity index (χ1n) is 10.2. The lowest BCUT2D eigenvalue weighted by molar-refractivity contribution is -0.137. The van der Waals surface area contributed by atoms with Gasteiger partial charge < -0.3 is 10.0 Å². The number of hydrogen-bond donors (Lipinski definition) is 1. The molecule has 1 atom stereocenters. The summed E-state index contributed by atoms with van der Waals surface area (Å²) in [6.07, 6.45) is -3.29. The molecule has 0 aromatic heterocycles. The molecule has 0 bridgehead atoms. The third-order valence-electron chi connectivity index (χ3n) is 5.91. The molecule has 5 heteroatoms. The lowest BCUT2D eigenvalue weighted by Gasteiger charge is -2.36. The molecule has 4 rings (SSSR count). The highest BCUT2D eigenvalue weighted by Crippen LogP contribution is 2.38. The number of benzene rings is 3. The van der Waals surface area contributed by atoms with Crippen LogP contribution in [-0.2, 0) is 6.18 Å². The predicted octanol–water partition coefficient (Wildman–Crippen LogP) is 6.32. The molecule has 1 aliphatic rings. The highest BCUT2D eigenvalue weighted by molar-refractivity contribution is 5.68. The van der Waals surface area contributed by atoms with Crippen molar-refractivity contribution in [3.05, 3.63) is 90.0 Å². The SMILES string of the molecule is O[C@H](c1ccccc1-c1ccc(C(F)(F)F)cc1)C1CCN(c2ccccc2)CC1. The van der Waals surface area contributed by atoms with Crippen molar-refractivity contribution in [1.82, 2.24) is 0 Å². The van der Waals surface area contributed by atoms with Gasteiger partial charge in [-0.1, -0.05) is 54.6 Å². The van der Waals surface area contributed by atoms with Crippen molar-refractivity contribution in [2.45, 2.75) is 25.1 Å². The van der Waals surface area contributed by atoms with Gasteiger partial charge in [-0.2, -0.15) is 13.2 Å². The maximum absolute atomic E-state index is 12.9. The van der Waals surface area contributed by atoms with E-state index in [4.69, 9.17) is 0 Å². The van der Waals surface area contributed by atoms with E-state index in [0.29, 0.717) is 5.56 Å². The maximum atomic E-state index is 12.9. The predicted molar refractivity (Wildman–Crippen MR) is 113 cm³/mol. The fourth-order valence-electron chi connectivity index (χ4n) is 4.22. The number of piperidine rings is 1. The van der Waals surface area contributed by atoms with Crippen LogP contribution in [0.4, 0.5) is 18.9 Å². The fraction of sp³-hybridized carbons (Fsp3) is 0.280. The minimum absolute atomic E-state index is 0.112. The molecule has 3 aromatic rings. The molecule has 2 nitrogen and oxygen atoms in total. The highest BCUT2D eigenvalue weighted by atomic mass is 19.4. The Kier molecular flexibility index (Phi) is 5.82. The van der Waals surface area contributed by atoms with Gasteiger partial charge in [-0.25, -0.2) is 0 Å². The van der Waals surface area contributed by atoms with E-state index in [1.165, 1.54) is 17.8 Å². The van der Waals surface area contributed by atoms with Crippen LogP contribution in [0.5, 0.6) is 0 Å². The second-order valence-corrected chi connectivity index (χ2v) is 7.77. The quantitative estimate of drug-likeness (QED) is 0.543. The molecule has 3 aromatic carbocycles. The van der Waals surface area contributed by atoms with Gasteiger partial charge in [0.1, 0.15) is 0 Å². The van der Waals surface area contributed by atoms with E-state index < -0.39 is 17.8 Å². The number of para-hydroxylation sites is 1. The summed E-state index contributed by atoms with van der Waals surface area (Å²) in [7, 11) is 0. The summed E-state index contributed by atoms with van der Waals surface area (Å²) in [5.41, 5.74) is 2.76. The number of aliphatic hydroxyl groups excluding tert-OH is 1. The highest BCUT2D eigenvalue weighted by Gasteiger charge is 2.31. The van der Waals surface area contributed by atoms with Crippen LogP contribution in [0.25, 0.3) is 11.1 Å². The molecule has 0 unspecified atom stereocenters. The summed E-state index contributed by atoms with van der Waals surface area (Å²) >= 11 is 0. The molecule has 0 saturated carbocycles. The Morgan fingerprint density at radius 2 is 1.40 bits per heavy atom. The van der Waals surface area contributed by atoms with Gasteiger partial charge >= 0.3 is 6.18 Å². The van der Waals surface area contributed by atoms with Crippen molar-refractivity contribution >= 4 is 5.69 Å². The van der Waals surface area contributed by atoms with E-state index in [1.54, 1.807) is 0 Å². The molecule has 30 heavy (non-hydrogen) atoms. The second-order valence-electron chi connectivity index (χ2n) is 7.77. The number of alkyl halides is 3. The van der Waals surface area contributed by atoms with Gasteiger partial charge in [0.15, 0.2) is 0 Å². The molecule has 0 aliphatic carbocycles. The lowest BCUT2D eigenvalue weighted by Crippen LogP contribution is -2.35. The third kappa shape index (κ3) is 4.36. The molecular weight excluding hydrogens is 387 g/mol. The molecular formula is C25H24F3NO. The Labute approximate surface area is 174 Å². The van der Waals surface area contributed by atoms with Gasteiger partial charge in [-0.05, 0) is 59.7 Å². The van der Waals surface area contributed by atoms with Crippen molar-refractivity contribution < 1.29 is 18.3 Å². The molecule has 1 aliphatic heterocycles. The second kappa shape index (κ2) is 8.52. The van der Waals surface area contributed by atoms with Crippen LogP contribution in [-0.4, -0.2) is 18.2 Å². The molecule has 156 valence electrons.